The molecule has 0 unspecified atom stereocenters. The zero-order valence-electron chi connectivity index (χ0n) is 12.9. The molecule has 0 aliphatic rings. The average Bonchev–Trinajstić information content (AvgIpc) is 3.10. The average molecular weight is 387 g/mol. The zero-order valence-corrected chi connectivity index (χ0v) is 15.3. The quantitative estimate of drug-likeness (QED) is 0.439. The molecule has 2 aromatic carbocycles. The maximum Gasteiger partial charge on any atom is 0.195 e. The monoisotopic (exact) mass is 386 g/mol. The third-order valence-corrected chi connectivity index (χ3v) is 5.32. The first kappa shape index (κ1) is 16.4. The number of thioether (sulfide) groups is 1. The number of benzene rings is 2. The van der Waals surface area contributed by atoms with Crippen molar-refractivity contribution in [2.75, 3.05) is 0 Å². The van der Waals surface area contributed by atoms with E-state index in [1.54, 1.807) is 24.3 Å². The van der Waals surface area contributed by atoms with Gasteiger partial charge in [-0.3, -0.25) is 9.55 Å². The number of pyridine rings is 1. The maximum absolute atomic E-state index is 6.26. The molecule has 0 aliphatic carbocycles. The summed E-state index contributed by atoms with van der Waals surface area (Å²) in [6.45, 7) is 0. The van der Waals surface area contributed by atoms with Crippen molar-refractivity contribution in [3.63, 3.8) is 0 Å². The van der Waals surface area contributed by atoms with Crippen LogP contribution in [-0.2, 0) is 5.75 Å². The van der Waals surface area contributed by atoms with Gasteiger partial charge < -0.3 is 0 Å². The highest BCUT2D eigenvalue weighted by Gasteiger charge is 2.11. The molecule has 0 fully saturated rings. The Balaban J connectivity index is 1.64. The van der Waals surface area contributed by atoms with Crippen molar-refractivity contribution in [3.8, 4) is 5.69 Å². The summed E-state index contributed by atoms with van der Waals surface area (Å²) in [6, 6.07) is 15.4. The number of rotatable bonds is 4. The molecule has 124 valence electrons. The van der Waals surface area contributed by atoms with E-state index in [1.807, 2.05) is 53.1 Å². The Bertz CT molecular complexity index is 1050. The molecule has 0 N–H and O–H groups in total. The summed E-state index contributed by atoms with van der Waals surface area (Å²) in [4.78, 5) is 4.48. The Hall–Kier alpha value is -2.08. The van der Waals surface area contributed by atoms with E-state index in [4.69, 9.17) is 23.2 Å². The van der Waals surface area contributed by atoms with Crippen LogP contribution in [0, 0.1) is 0 Å². The number of fused-ring (bicyclic) bond motifs is 1. The van der Waals surface area contributed by atoms with E-state index in [0.29, 0.717) is 15.8 Å². The molecular formula is C18H12Cl2N4S. The van der Waals surface area contributed by atoms with Crippen LogP contribution < -0.4 is 0 Å². The normalized spacial score (nSPS) is 11.1. The third-order valence-electron chi connectivity index (χ3n) is 3.76. The van der Waals surface area contributed by atoms with Crippen LogP contribution >= 0.6 is 35.0 Å². The smallest absolute Gasteiger partial charge is 0.195 e. The van der Waals surface area contributed by atoms with Crippen LogP contribution in [0.25, 0.3) is 16.6 Å². The predicted molar refractivity (Wildman–Crippen MR) is 103 cm³/mol. The first-order valence-electron chi connectivity index (χ1n) is 7.53. The Morgan fingerprint density at radius 2 is 1.96 bits per heavy atom. The second kappa shape index (κ2) is 7.04. The van der Waals surface area contributed by atoms with Crippen molar-refractivity contribution in [1.82, 2.24) is 19.7 Å². The lowest BCUT2D eigenvalue weighted by Crippen LogP contribution is -1.96. The van der Waals surface area contributed by atoms with Gasteiger partial charge in [-0.25, -0.2) is 0 Å². The second-order valence-corrected chi connectivity index (χ2v) is 7.14. The second-order valence-electron chi connectivity index (χ2n) is 5.36. The molecule has 2 aromatic heterocycles. The molecule has 4 rings (SSSR count). The largest absolute Gasteiger partial charge is 0.277 e. The molecule has 0 atom stereocenters. The van der Waals surface area contributed by atoms with Crippen molar-refractivity contribution in [2.24, 2.45) is 0 Å². The fraction of sp³-hybridized carbons (Fsp3) is 0.0556. The number of hydrogen-bond donors (Lipinski definition) is 0. The van der Waals surface area contributed by atoms with Crippen molar-refractivity contribution in [1.29, 1.82) is 0 Å². The Labute approximate surface area is 158 Å². The van der Waals surface area contributed by atoms with E-state index >= 15 is 0 Å². The summed E-state index contributed by atoms with van der Waals surface area (Å²) < 4.78 is 1.92. The van der Waals surface area contributed by atoms with Gasteiger partial charge in [0, 0.05) is 27.4 Å². The van der Waals surface area contributed by atoms with Crippen molar-refractivity contribution in [3.05, 3.63) is 76.7 Å². The molecular weight excluding hydrogens is 375 g/mol. The lowest BCUT2D eigenvalue weighted by Gasteiger charge is -2.08. The Kier molecular flexibility index (Phi) is 4.61. The van der Waals surface area contributed by atoms with Gasteiger partial charge in [0.25, 0.3) is 0 Å². The highest BCUT2D eigenvalue weighted by atomic mass is 35.5. The van der Waals surface area contributed by atoms with Crippen LogP contribution in [0.5, 0.6) is 0 Å². The van der Waals surface area contributed by atoms with Crippen molar-refractivity contribution in [2.45, 2.75) is 10.9 Å². The van der Waals surface area contributed by atoms with Crippen molar-refractivity contribution >= 4 is 45.9 Å². The number of nitrogens with zero attached hydrogens (tertiary/aromatic N) is 4. The van der Waals surface area contributed by atoms with Gasteiger partial charge in [0.05, 0.1) is 11.2 Å². The SMILES string of the molecule is Clc1cccc(-n2cnnc2SCc2ccc(Cl)c3cccnc23)c1. The summed E-state index contributed by atoms with van der Waals surface area (Å²) in [5.74, 6) is 0.712. The molecule has 4 aromatic rings. The van der Waals surface area contributed by atoms with E-state index in [0.717, 1.165) is 27.3 Å². The van der Waals surface area contributed by atoms with Crippen LogP contribution in [0.15, 0.2) is 66.2 Å². The summed E-state index contributed by atoms with van der Waals surface area (Å²) in [7, 11) is 0. The van der Waals surface area contributed by atoms with Gasteiger partial charge in [-0.1, -0.05) is 47.1 Å². The van der Waals surface area contributed by atoms with Crippen LogP contribution in [0.1, 0.15) is 5.56 Å². The van der Waals surface area contributed by atoms with E-state index in [-0.39, 0.29) is 0 Å². The minimum absolute atomic E-state index is 0.676. The number of halogens is 2. The van der Waals surface area contributed by atoms with E-state index in [9.17, 15) is 0 Å². The molecule has 0 radical (unpaired) electrons. The van der Waals surface area contributed by atoms with Crippen LogP contribution in [0.2, 0.25) is 10.0 Å². The molecule has 0 saturated carbocycles. The fourth-order valence-electron chi connectivity index (χ4n) is 2.58. The summed E-state index contributed by atoms with van der Waals surface area (Å²) in [5.41, 5.74) is 2.95. The number of aromatic nitrogens is 4. The summed E-state index contributed by atoms with van der Waals surface area (Å²) in [5, 5.41) is 11.4. The van der Waals surface area contributed by atoms with E-state index in [2.05, 4.69) is 15.2 Å². The molecule has 25 heavy (non-hydrogen) atoms. The van der Waals surface area contributed by atoms with Gasteiger partial charge in [-0.15, -0.1) is 10.2 Å². The lowest BCUT2D eigenvalue weighted by atomic mass is 10.1. The van der Waals surface area contributed by atoms with Crippen LogP contribution in [-0.4, -0.2) is 19.7 Å². The molecule has 0 aliphatic heterocycles. The number of hydrogen-bond acceptors (Lipinski definition) is 4. The van der Waals surface area contributed by atoms with Gasteiger partial charge in [0.1, 0.15) is 6.33 Å². The Morgan fingerprint density at radius 3 is 2.84 bits per heavy atom. The molecule has 0 spiro atoms. The Morgan fingerprint density at radius 1 is 1.04 bits per heavy atom. The van der Waals surface area contributed by atoms with E-state index in [1.165, 1.54) is 0 Å². The van der Waals surface area contributed by atoms with Crippen LogP contribution in [0.4, 0.5) is 0 Å². The molecule has 7 heteroatoms. The molecule has 0 saturated heterocycles. The van der Waals surface area contributed by atoms with Gasteiger partial charge in [0.15, 0.2) is 5.16 Å². The van der Waals surface area contributed by atoms with Crippen LogP contribution in [0.3, 0.4) is 0 Å². The van der Waals surface area contributed by atoms with Gasteiger partial charge in [-0.2, -0.15) is 0 Å². The molecule has 0 amide bonds. The highest BCUT2D eigenvalue weighted by Crippen LogP contribution is 2.30. The summed E-state index contributed by atoms with van der Waals surface area (Å²) in [6.07, 6.45) is 3.47. The minimum Gasteiger partial charge on any atom is -0.277 e. The van der Waals surface area contributed by atoms with E-state index < -0.39 is 0 Å². The fourth-order valence-corrected chi connectivity index (χ4v) is 3.90. The summed E-state index contributed by atoms with van der Waals surface area (Å²) >= 11 is 13.9. The predicted octanol–water partition coefficient (Wildman–Crippen LogP) is 5.41. The topological polar surface area (TPSA) is 43.6 Å². The maximum atomic E-state index is 6.26. The zero-order chi connectivity index (χ0) is 17.2. The highest BCUT2D eigenvalue weighted by molar-refractivity contribution is 7.98. The molecule has 4 nitrogen and oxygen atoms in total. The minimum atomic E-state index is 0.676. The molecule has 0 bridgehead atoms. The molecule has 2 heterocycles. The van der Waals surface area contributed by atoms with Gasteiger partial charge >= 0.3 is 0 Å². The first-order chi connectivity index (χ1) is 12.2. The lowest BCUT2D eigenvalue weighted by molar-refractivity contribution is 0.884. The van der Waals surface area contributed by atoms with Crippen molar-refractivity contribution < 1.29 is 0 Å². The third kappa shape index (κ3) is 3.35. The van der Waals surface area contributed by atoms with Gasteiger partial charge in [0.2, 0.25) is 0 Å². The first-order valence-corrected chi connectivity index (χ1v) is 9.27. The standard InChI is InChI=1S/C18H12Cl2N4S/c19-13-3-1-4-14(9-13)24-11-22-23-18(24)25-10-12-6-7-16(20)15-5-2-8-21-17(12)15/h1-9,11H,10H2. The van der Waals surface area contributed by atoms with Gasteiger partial charge in [-0.05, 0) is 42.0 Å².